The molecular weight excluding hydrogens is 368 g/mol. The second-order valence-corrected chi connectivity index (χ2v) is 6.68. The summed E-state index contributed by atoms with van der Waals surface area (Å²) in [5.41, 5.74) is 10.3. The van der Waals surface area contributed by atoms with Gasteiger partial charge in [-0.2, -0.15) is 0 Å². The van der Waals surface area contributed by atoms with Crippen molar-refractivity contribution in [3.63, 3.8) is 0 Å². The molecule has 7 nitrogen and oxygen atoms in total. The second kappa shape index (κ2) is 8.43. The second-order valence-electron chi connectivity index (χ2n) is 6.68. The molecule has 0 radical (unpaired) electrons. The summed E-state index contributed by atoms with van der Waals surface area (Å²) in [6.07, 6.45) is 1.76. The summed E-state index contributed by atoms with van der Waals surface area (Å²) in [5.74, 6) is -0.742. The van der Waals surface area contributed by atoms with Crippen LogP contribution in [0, 0.1) is 12.3 Å². The van der Waals surface area contributed by atoms with Crippen molar-refractivity contribution in [2.45, 2.75) is 13.5 Å². The number of ether oxygens (including phenoxy) is 1. The number of hydrogen-bond donors (Lipinski definition) is 4. The van der Waals surface area contributed by atoms with Crippen molar-refractivity contribution in [1.29, 1.82) is 5.41 Å². The molecule has 1 heterocycles. The minimum atomic E-state index is -0.470. The number of benzene rings is 2. The molecule has 0 aliphatic carbocycles. The molecule has 3 aromatic rings. The third kappa shape index (κ3) is 4.70. The number of rotatable bonds is 6. The van der Waals surface area contributed by atoms with E-state index in [4.69, 9.17) is 15.9 Å². The zero-order valence-corrected chi connectivity index (χ0v) is 16.2. The van der Waals surface area contributed by atoms with Gasteiger partial charge in [0.05, 0.1) is 12.7 Å². The Labute approximate surface area is 168 Å². The van der Waals surface area contributed by atoms with Gasteiger partial charge in [-0.15, -0.1) is 0 Å². The molecule has 1 amide bonds. The number of esters is 1. The highest BCUT2D eigenvalue weighted by Crippen LogP contribution is 2.24. The van der Waals surface area contributed by atoms with Crippen LogP contribution in [0.1, 0.15) is 37.5 Å². The van der Waals surface area contributed by atoms with Crippen molar-refractivity contribution < 1.29 is 14.3 Å². The Morgan fingerprint density at radius 2 is 1.86 bits per heavy atom. The van der Waals surface area contributed by atoms with Crippen LogP contribution in [0.2, 0.25) is 0 Å². The number of hydrogen-bond acceptors (Lipinski definition) is 4. The number of amidine groups is 1. The van der Waals surface area contributed by atoms with E-state index in [1.165, 1.54) is 7.11 Å². The van der Waals surface area contributed by atoms with E-state index >= 15 is 0 Å². The van der Waals surface area contributed by atoms with Crippen LogP contribution < -0.4 is 11.1 Å². The predicted octanol–water partition coefficient (Wildman–Crippen LogP) is 2.99. The Balaban J connectivity index is 1.91. The Morgan fingerprint density at radius 3 is 2.52 bits per heavy atom. The third-order valence-electron chi connectivity index (χ3n) is 4.45. The standard InChI is InChI=1S/C22H22N4O3/c1-13-6-19(25-11-13)21(27)26-12-14-7-17(10-18(8-14)22(28)29-2)15-4-3-5-16(9-15)20(23)24/h3-11,25H,12H2,1-2H3,(H3,23,24)(H,26,27). The van der Waals surface area contributed by atoms with E-state index in [1.807, 2.05) is 19.1 Å². The summed E-state index contributed by atoms with van der Waals surface area (Å²) in [7, 11) is 1.32. The van der Waals surface area contributed by atoms with Crippen LogP contribution in [0.25, 0.3) is 11.1 Å². The first kappa shape index (κ1) is 19.9. The van der Waals surface area contributed by atoms with Gasteiger partial charge < -0.3 is 20.8 Å². The average Bonchev–Trinajstić information content (AvgIpc) is 3.17. The van der Waals surface area contributed by atoms with Crippen LogP contribution in [0.4, 0.5) is 0 Å². The van der Waals surface area contributed by atoms with Gasteiger partial charge in [0.25, 0.3) is 5.91 Å². The van der Waals surface area contributed by atoms with Crippen molar-refractivity contribution in [2.24, 2.45) is 5.73 Å². The molecule has 2 aromatic carbocycles. The van der Waals surface area contributed by atoms with Crippen LogP contribution in [0.15, 0.2) is 54.7 Å². The van der Waals surface area contributed by atoms with Gasteiger partial charge in [-0.05, 0) is 59.5 Å². The molecule has 0 unspecified atom stereocenters. The lowest BCUT2D eigenvalue weighted by atomic mass is 9.98. The van der Waals surface area contributed by atoms with Crippen molar-refractivity contribution in [3.8, 4) is 11.1 Å². The fourth-order valence-electron chi connectivity index (χ4n) is 2.97. The number of amides is 1. The van der Waals surface area contributed by atoms with Crippen molar-refractivity contribution in [1.82, 2.24) is 10.3 Å². The molecule has 0 aliphatic heterocycles. The molecule has 0 saturated heterocycles. The van der Waals surface area contributed by atoms with Crippen molar-refractivity contribution in [2.75, 3.05) is 7.11 Å². The zero-order valence-electron chi connectivity index (χ0n) is 16.2. The number of carbonyl (C=O) groups is 2. The smallest absolute Gasteiger partial charge is 0.337 e. The van der Waals surface area contributed by atoms with E-state index in [1.54, 1.807) is 42.6 Å². The number of methoxy groups -OCH3 is 1. The summed E-state index contributed by atoms with van der Waals surface area (Å²) in [6, 6.07) is 14.2. The molecule has 148 valence electrons. The maximum Gasteiger partial charge on any atom is 0.337 e. The largest absolute Gasteiger partial charge is 0.465 e. The first-order valence-corrected chi connectivity index (χ1v) is 8.97. The van der Waals surface area contributed by atoms with Gasteiger partial charge in [0.2, 0.25) is 0 Å². The van der Waals surface area contributed by atoms with Gasteiger partial charge in [0, 0.05) is 18.3 Å². The topological polar surface area (TPSA) is 121 Å². The Hall–Kier alpha value is -3.87. The molecule has 0 spiro atoms. The average molecular weight is 390 g/mol. The zero-order chi connectivity index (χ0) is 21.0. The molecular formula is C22H22N4O3. The van der Waals surface area contributed by atoms with Gasteiger partial charge in [-0.1, -0.05) is 18.2 Å². The predicted molar refractivity (Wildman–Crippen MR) is 111 cm³/mol. The molecule has 0 fully saturated rings. The molecule has 7 heteroatoms. The number of carbonyl (C=O) groups excluding carboxylic acids is 2. The fourth-order valence-corrected chi connectivity index (χ4v) is 2.97. The Kier molecular flexibility index (Phi) is 5.78. The summed E-state index contributed by atoms with van der Waals surface area (Å²) in [6.45, 7) is 2.13. The van der Waals surface area contributed by atoms with E-state index in [2.05, 4.69) is 10.3 Å². The van der Waals surface area contributed by atoms with Gasteiger partial charge >= 0.3 is 5.97 Å². The third-order valence-corrected chi connectivity index (χ3v) is 4.45. The van der Waals surface area contributed by atoms with Crippen LogP contribution in [-0.2, 0) is 11.3 Å². The van der Waals surface area contributed by atoms with Crippen LogP contribution in [0.5, 0.6) is 0 Å². The Bertz CT molecular complexity index is 1090. The number of nitrogens with two attached hydrogens (primary N) is 1. The fraction of sp³-hybridized carbons (Fsp3) is 0.136. The highest BCUT2D eigenvalue weighted by Gasteiger charge is 2.13. The van der Waals surface area contributed by atoms with Gasteiger partial charge in [0.1, 0.15) is 11.5 Å². The summed E-state index contributed by atoms with van der Waals surface area (Å²) >= 11 is 0. The lowest BCUT2D eigenvalue weighted by Gasteiger charge is -2.11. The minimum absolute atomic E-state index is 0.0373. The molecule has 0 atom stereocenters. The number of nitrogen functional groups attached to an aromatic ring is 1. The first-order chi connectivity index (χ1) is 13.9. The van der Waals surface area contributed by atoms with E-state index < -0.39 is 5.97 Å². The highest BCUT2D eigenvalue weighted by atomic mass is 16.5. The van der Waals surface area contributed by atoms with Crippen molar-refractivity contribution >= 4 is 17.7 Å². The lowest BCUT2D eigenvalue weighted by Crippen LogP contribution is -2.23. The minimum Gasteiger partial charge on any atom is -0.465 e. The Morgan fingerprint density at radius 1 is 1.10 bits per heavy atom. The molecule has 29 heavy (non-hydrogen) atoms. The number of aromatic amines is 1. The number of aryl methyl sites for hydroxylation is 1. The summed E-state index contributed by atoms with van der Waals surface area (Å²) in [4.78, 5) is 27.3. The lowest BCUT2D eigenvalue weighted by molar-refractivity contribution is 0.0600. The maximum atomic E-state index is 12.3. The van der Waals surface area contributed by atoms with Gasteiger partial charge in [-0.25, -0.2) is 4.79 Å². The molecule has 5 N–H and O–H groups in total. The molecule has 0 bridgehead atoms. The van der Waals surface area contributed by atoms with E-state index in [-0.39, 0.29) is 18.3 Å². The van der Waals surface area contributed by atoms with E-state index in [0.29, 0.717) is 16.8 Å². The summed E-state index contributed by atoms with van der Waals surface area (Å²) < 4.78 is 4.86. The SMILES string of the molecule is COC(=O)c1cc(CNC(=O)c2cc(C)c[nH]2)cc(-c2cccc(C(=N)N)c2)c1. The normalized spacial score (nSPS) is 10.4. The monoisotopic (exact) mass is 390 g/mol. The van der Waals surface area contributed by atoms with Crippen molar-refractivity contribution in [3.05, 3.63) is 82.7 Å². The first-order valence-electron chi connectivity index (χ1n) is 8.97. The summed E-state index contributed by atoms with van der Waals surface area (Å²) in [5, 5.41) is 10.5. The number of H-pyrrole nitrogens is 1. The molecule has 0 saturated carbocycles. The van der Waals surface area contributed by atoms with Gasteiger partial charge in [0.15, 0.2) is 0 Å². The quantitative estimate of drug-likeness (QED) is 0.294. The maximum absolute atomic E-state index is 12.3. The van der Waals surface area contributed by atoms with E-state index in [0.717, 1.165) is 22.3 Å². The van der Waals surface area contributed by atoms with Gasteiger partial charge in [-0.3, -0.25) is 10.2 Å². The number of nitrogens with one attached hydrogen (secondary N) is 3. The van der Waals surface area contributed by atoms with E-state index in [9.17, 15) is 9.59 Å². The molecule has 1 aromatic heterocycles. The molecule has 0 aliphatic rings. The van der Waals surface area contributed by atoms with Crippen LogP contribution in [0.3, 0.4) is 0 Å². The highest BCUT2D eigenvalue weighted by molar-refractivity contribution is 5.97. The van der Waals surface area contributed by atoms with Crippen LogP contribution in [-0.4, -0.2) is 29.8 Å². The number of aromatic nitrogens is 1. The van der Waals surface area contributed by atoms with Crippen LogP contribution >= 0.6 is 0 Å². The molecule has 3 rings (SSSR count).